The highest BCUT2D eigenvalue weighted by Crippen LogP contribution is 2.27. The van der Waals surface area contributed by atoms with Crippen LogP contribution in [0.2, 0.25) is 10.0 Å². The number of halogens is 2. The number of pyridine rings is 1. The van der Waals surface area contributed by atoms with Gasteiger partial charge in [-0.3, -0.25) is 10.1 Å². The number of aromatic nitrogens is 1. The Labute approximate surface area is 129 Å². The van der Waals surface area contributed by atoms with Crippen molar-refractivity contribution in [2.24, 2.45) is 0 Å². The van der Waals surface area contributed by atoms with Crippen molar-refractivity contribution in [1.82, 2.24) is 4.98 Å². The molecule has 0 fully saturated rings. The summed E-state index contributed by atoms with van der Waals surface area (Å²) in [5, 5.41) is 10.7. The number of rotatable bonds is 4. The number of nitro benzene ring substituents is 1. The molecule has 0 aliphatic carbocycles. The van der Waals surface area contributed by atoms with Crippen LogP contribution < -0.4 is 4.18 Å². The molecule has 21 heavy (non-hydrogen) atoms. The van der Waals surface area contributed by atoms with E-state index in [1.165, 1.54) is 12.3 Å². The van der Waals surface area contributed by atoms with E-state index < -0.39 is 15.0 Å². The van der Waals surface area contributed by atoms with Crippen LogP contribution in [0, 0.1) is 10.1 Å². The molecule has 0 aliphatic heterocycles. The largest absolute Gasteiger partial charge is 0.357 e. The topological polar surface area (TPSA) is 99.4 Å². The van der Waals surface area contributed by atoms with E-state index in [9.17, 15) is 18.5 Å². The van der Waals surface area contributed by atoms with Crippen molar-refractivity contribution in [3.63, 3.8) is 0 Å². The van der Waals surface area contributed by atoms with Gasteiger partial charge in [-0.05, 0) is 18.2 Å². The molecule has 2 rings (SSSR count). The number of nitrogens with zero attached hydrogens (tertiary/aromatic N) is 2. The highest BCUT2D eigenvalue weighted by molar-refractivity contribution is 7.87. The maximum Gasteiger partial charge on any atom is 0.340 e. The van der Waals surface area contributed by atoms with Crippen molar-refractivity contribution in [2.45, 2.75) is 4.90 Å². The smallest absolute Gasteiger partial charge is 0.340 e. The number of non-ortho nitro benzene ring substituents is 1. The van der Waals surface area contributed by atoms with E-state index in [0.29, 0.717) is 0 Å². The van der Waals surface area contributed by atoms with E-state index in [1.807, 2.05) is 0 Å². The average molecular weight is 349 g/mol. The third-order valence-corrected chi connectivity index (χ3v) is 4.00. The fourth-order valence-electron chi connectivity index (χ4n) is 1.35. The lowest BCUT2D eigenvalue weighted by atomic mass is 10.3. The van der Waals surface area contributed by atoms with E-state index in [1.54, 1.807) is 0 Å². The lowest BCUT2D eigenvalue weighted by molar-refractivity contribution is -0.384. The van der Waals surface area contributed by atoms with Crippen LogP contribution in [0.1, 0.15) is 0 Å². The van der Waals surface area contributed by atoms with Crippen molar-refractivity contribution in [1.29, 1.82) is 0 Å². The average Bonchev–Trinajstić information content (AvgIpc) is 2.42. The monoisotopic (exact) mass is 348 g/mol. The molecule has 0 amide bonds. The minimum absolute atomic E-state index is 0.0759. The summed E-state index contributed by atoms with van der Waals surface area (Å²) in [6.45, 7) is 0. The van der Waals surface area contributed by atoms with E-state index in [0.717, 1.165) is 24.3 Å². The molecule has 0 aliphatic rings. The molecule has 0 radical (unpaired) electrons. The summed E-state index contributed by atoms with van der Waals surface area (Å²) < 4.78 is 28.8. The second-order valence-corrected chi connectivity index (χ2v) is 6.12. The standard InChI is InChI=1S/C11H6Cl2N2O5S/c12-7-5-10(13)11(14-6-7)20-21(18,19)9-3-1-8(2-4-9)15(16)17/h1-6H. The Morgan fingerprint density at radius 3 is 2.33 bits per heavy atom. The Morgan fingerprint density at radius 2 is 1.81 bits per heavy atom. The Balaban J connectivity index is 2.31. The molecule has 110 valence electrons. The van der Waals surface area contributed by atoms with Gasteiger partial charge in [0.25, 0.3) is 11.6 Å². The van der Waals surface area contributed by atoms with Crippen LogP contribution in [0.3, 0.4) is 0 Å². The molecule has 0 spiro atoms. The lowest BCUT2D eigenvalue weighted by Gasteiger charge is -2.07. The minimum Gasteiger partial charge on any atom is -0.357 e. The molecule has 7 nitrogen and oxygen atoms in total. The minimum atomic E-state index is -4.20. The van der Waals surface area contributed by atoms with Crippen LogP contribution in [0.15, 0.2) is 41.4 Å². The molecule has 0 bridgehead atoms. The molecular formula is C11H6Cl2N2O5S. The number of hydrogen-bond donors (Lipinski definition) is 0. The van der Waals surface area contributed by atoms with Gasteiger partial charge >= 0.3 is 10.1 Å². The van der Waals surface area contributed by atoms with E-state index in [2.05, 4.69) is 4.98 Å². The van der Waals surface area contributed by atoms with Crippen LogP contribution in [-0.2, 0) is 10.1 Å². The third kappa shape index (κ3) is 3.60. The number of benzene rings is 1. The maximum absolute atomic E-state index is 12.0. The van der Waals surface area contributed by atoms with Gasteiger partial charge in [0, 0.05) is 18.3 Å². The summed E-state index contributed by atoms with van der Waals surface area (Å²) in [5.74, 6) is -0.334. The molecule has 0 unspecified atom stereocenters. The van der Waals surface area contributed by atoms with E-state index in [-0.39, 0.29) is 26.5 Å². The highest BCUT2D eigenvalue weighted by atomic mass is 35.5. The van der Waals surface area contributed by atoms with Gasteiger partial charge in [-0.1, -0.05) is 23.2 Å². The molecule has 0 N–H and O–H groups in total. The first-order chi connectivity index (χ1) is 9.79. The summed E-state index contributed by atoms with van der Waals surface area (Å²) in [4.78, 5) is 13.3. The predicted molar refractivity (Wildman–Crippen MR) is 75.2 cm³/mol. The molecule has 0 atom stereocenters. The maximum atomic E-state index is 12.0. The second kappa shape index (κ2) is 5.84. The number of hydrogen-bond acceptors (Lipinski definition) is 6. The van der Waals surface area contributed by atoms with Gasteiger partial charge < -0.3 is 4.18 Å². The zero-order valence-electron chi connectivity index (χ0n) is 10.1. The Bertz CT molecular complexity index is 793. The Kier molecular flexibility index (Phi) is 4.31. The van der Waals surface area contributed by atoms with Crippen LogP contribution in [-0.4, -0.2) is 18.3 Å². The van der Waals surface area contributed by atoms with Crippen molar-refractivity contribution in [2.75, 3.05) is 0 Å². The van der Waals surface area contributed by atoms with Crippen molar-refractivity contribution in [3.8, 4) is 5.88 Å². The molecule has 1 aromatic heterocycles. The zero-order valence-corrected chi connectivity index (χ0v) is 12.4. The summed E-state index contributed by atoms with van der Waals surface area (Å²) in [6.07, 6.45) is 1.17. The van der Waals surface area contributed by atoms with Gasteiger partial charge in [0.15, 0.2) is 0 Å². The van der Waals surface area contributed by atoms with Crippen LogP contribution in [0.4, 0.5) is 5.69 Å². The fourth-order valence-corrected chi connectivity index (χ4v) is 2.72. The normalized spacial score (nSPS) is 11.1. The molecule has 0 saturated heterocycles. The van der Waals surface area contributed by atoms with Gasteiger partial charge in [0.1, 0.15) is 9.92 Å². The van der Waals surface area contributed by atoms with E-state index >= 15 is 0 Å². The highest BCUT2D eigenvalue weighted by Gasteiger charge is 2.20. The quantitative estimate of drug-likeness (QED) is 0.478. The van der Waals surface area contributed by atoms with Crippen LogP contribution in [0.25, 0.3) is 0 Å². The lowest BCUT2D eigenvalue weighted by Crippen LogP contribution is -2.11. The Morgan fingerprint density at radius 1 is 1.19 bits per heavy atom. The van der Waals surface area contributed by atoms with Crippen LogP contribution in [0.5, 0.6) is 5.88 Å². The molecular weight excluding hydrogens is 343 g/mol. The summed E-state index contributed by atoms with van der Waals surface area (Å²) in [6, 6.07) is 5.48. The molecule has 10 heteroatoms. The molecule has 1 heterocycles. The molecule has 0 saturated carbocycles. The summed E-state index contributed by atoms with van der Waals surface area (Å²) >= 11 is 11.4. The predicted octanol–water partition coefficient (Wildman–Crippen LogP) is 3.06. The van der Waals surface area contributed by atoms with Gasteiger partial charge in [0.05, 0.1) is 9.95 Å². The fraction of sp³-hybridized carbons (Fsp3) is 0. The van der Waals surface area contributed by atoms with Gasteiger partial charge in [-0.2, -0.15) is 8.42 Å². The SMILES string of the molecule is O=[N+]([O-])c1ccc(S(=O)(=O)Oc2ncc(Cl)cc2Cl)cc1. The summed E-state index contributed by atoms with van der Waals surface area (Å²) in [5.41, 5.74) is -0.239. The first kappa shape index (κ1) is 15.5. The van der Waals surface area contributed by atoms with Crippen LogP contribution >= 0.6 is 23.2 Å². The number of nitro groups is 1. The third-order valence-electron chi connectivity index (χ3n) is 2.30. The first-order valence-corrected chi connectivity index (χ1v) is 7.46. The van der Waals surface area contributed by atoms with E-state index in [4.69, 9.17) is 27.4 Å². The van der Waals surface area contributed by atoms with Crippen molar-refractivity contribution in [3.05, 3.63) is 56.7 Å². The first-order valence-electron chi connectivity index (χ1n) is 5.29. The van der Waals surface area contributed by atoms with Gasteiger partial charge in [0.2, 0.25) is 0 Å². The van der Waals surface area contributed by atoms with Crippen molar-refractivity contribution < 1.29 is 17.5 Å². The molecule has 1 aromatic carbocycles. The van der Waals surface area contributed by atoms with Gasteiger partial charge in [-0.15, -0.1) is 0 Å². The second-order valence-electron chi connectivity index (χ2n) is 3.73. The molecule has 2 aromatic rings. The summed E-state index contributed by atoms with van der Waals surface area (Å²) in [7, 11) is -4.20. The van der Waals surface area contributed by atoms with Crippen molar-refractivity contribution >= 4 is 39.0 Å². The van der Waals surface area contributed by atoms with Gasteiger partial charge in [-0.25, -0.2) is 4.98 Å². The Hall–Kier alpha value is -1.90. The zero-order chi connectivity index (χ0) is 15.6.